The van der Waals surface area contributed by atoms with E-state index in [4.69, 9.17) is 10.8 Å². The van der Waals surface area contributed by atoms with Crippen LogP contribution in [0.15, 0.2) is 23.3 Å². The molecule has 0 fully saturated rings. The smallest absolute Gasteiger partial charge is 0.380 e. The molecule has 0 radical (unpaired) electrons. The third-order valence-electron chi connectivity index (χ3n) is 2.63. The molecule has 22 heavy (non-hydrogen) atoms. The maximum Gasteiger partial charge on any atom is 0.417 e. The van der Waals surface area contributed by atoms with Crippen molar-refractivity contribution in [2.45, 2.75) is 18.7 Å². The number of nitriles is 1. The number of carbonyl (C=O) groups is 1. The van der Waals surface area contributed by atoms with E-state index in [-0.39, 0.29) is 5.69 Å². The minimum absolute atomic E-state index is 0.252. The first-order valence-corrected chi connectivity index (χ1v) is 5.78. The van der Waals surface area contributed by atoms with Crippen molar-refractivity contribution in [2.24, 2.45) is 5.11 Å². The zero-order valence-electron chi connectivity index (χ0n) is 11.2. The highest BCUT2D eigenvalue weighted by Crippen LogP contribution is 2.33. The predicted molar refractivity (Wildman–Crippen MR) is 69.4 cm³/mol. The molecule has 0 heterocycles. The van der Waals surface area contributed by atoms with Crippen molar-refractivity contribution >= 4 is 11.6 Å². The minimum atomic E-state index is -4.76. The van der Waals surface area contributed by atoms with E-state index in [1.165, 1.54) is 6.07 Å². The van der Waals surface area contributed by atoms with Crippen LogP contribution in [-0.2, 0) is 11.0 Å². The summed E-state index contributed by atoms with van der Waals surface area (Å²) in [6.45, 7) is 0.461. The van der Waals surface area contributed by atoms with Gasteiger partial charge in [-0.05, 0) is 30.7 Å². The number of anilines is 1. The average Bonchev–Trinajstić information content (AvgIpc) is 2.44. The van der Waals surface area contributed by atoms with Crippen LogP contribution in [0.1, 0.15) is 18.1 Å². The number of aliphatic hydroxyl groups is 1. The topological polar surface area (TPSA) is 122 Å². The Hall–Kier alpha value is -2.76. The fraction of sp³-hybridized carbons (Fsp3) is 0.333. The van der Waals surface area contributed by atoms with Crippen molar-refractivity contribution in [3.05, 3.63) is 39.8 Å². The molecule has 1 aromatic carbocycles. The Labute approximate surface area is 122 Å². The molecule has 1 unspecified atom stereocenters. The van der Waals surface area contributed by atoms with Crippen LogP contribution in [0.2, 0.25) is 0 Å². The SMILES string of the molecule is CC(O)(CN=[N+]=[N-])C(=O)Nc1ccc(C#N)c(C(F)(F)F)c1. The van der Waals surface area contributed by atoms with E-state index < -0.39 is 35.4 Å². The summed E-state index contributed by atoms with van der Waals surface area (Å²) < 4.78 is 38.4. The number of halogens is 3. The second kappa shape index (κ2) is 6.34. The lowest BCUT2D eigenvalue weighted by molar-refractivity contribution is -0.138. The molecule has 1 atom stereocenters. The summed E-state index contributed by atoms with van der Waals surface area (Å²) in [4.78, 5) is 14.1. The summed E-state index contributed by atoms with van der Waals surface area (Å²) in [5.41, 5.74) is 4.01. The van der Waals surface area contributed by atoms with Gasteiger partial charge in [0.25, 0.3) is 5.91 Å². The van der Waals surface area contributed by atoms with Crippen molar-refractivity contribution < 1.29 is 23.1 Å². The molecule has 116 valence electrons. The fourth-order valence-corrected chi connectivity index (χ4v) is 1.46. The summed E-state index contributed by atoms with van der Waals surface area (Å²) in [5, 5.41) is 23.5. The minimum Gasteiger partial charge on any atom is -0.380 e. The Bertz CT molecular complexity index is 672. The van der Waals surface area contributed by atoms with Crippen LogP contribution in [0.4, 0.5) is 18.9 Å². The molecule has 0 spiro atoms. The Morgan fingerprint density at radius 2 is 2.18 bits per heavy atom. The maximum absolute atomic E-state index is 12.8. The molecule has 1 aromatic rings. The first-order chi connectivity index (χ1) is 10.1. The number of nitrogens with zero attached hydrogens (tertiary/aromatic N) is 4. The molecular weight excluding hydrogens is 303 g/mol. The lowest BCUT2D eigenvalue weighted by Gasteiger charge is -2.20. The molecule has 0 saturated carbocycles. The van der Waals surface area contributed by atoms with Crippen LogP contribution in [0.25, 0.3) is 10.4 Å². The van der Waals surface area contributed by atoms with Gasteiger partial charge in [-0.2, -0.15) is 18.4 Å². The molecule has 0 aromatic heterocycles. The third-order valence-corrected chi connectivity index (χ3v) is 2.63. The molecule has 0 aliphatic rings. The highest BCUT2D eigenvalue weighted by Gasteiger charge is 2.35. The average molecular weight is 313 g/mol. The number of amides is 1. The highest BCUT2D eigenvalue weighted by molar-refractivity contribution is 5.97. The summed E-state index contributed by atoms with van der Waals surface area (Å²) >= 11 is 0. The molecule has 7 nitrogen and oxygen atoms in total. The second-order valence-electron chi connectivity index (χ2n) is 4.49. The van der Waals surface area contributed by atoms with E-state index in [0.717, 1.165) is 19.1 Å². The molecule has 0 aliphatic carbocycles. The van der Waals surface area contributed by atoms with Gasteiger partial charge in [-0.15, -0.1) is 0 Å². The van der Waals surface area contributed by atoms with Crippen molar-refractivity contribution in [3.8, 4) is 6.07 Å². The van der Waals surface area contributed by atoms with E-state index in [9.17, 15) is 23.1 Å². The van der Waals surface area contributed by atoms with E-state index in [2.05, 4.69) is 15.3 Å². The van der Waals surface area contributed by atoms with Crippen LogP contribution < -0.4 is 5.32 Å². The lowest BCUT2D eigenvalue weighted by atomic mass is 10.0. The van der Waals surface area contributed by atoms with E-state index in [0.29, 0.717) is 6.07 Å². The molecule has 0 aliphatic heterocycles. The largest absolute Gasteiger partial charge is 0.417 e. The first kappa shape index (κ1) is 17.3. The van der Waals surface area contributed by atoms with Crippen LogP contribution in [0, 0.1) is 11.3 Å². The Morgan fingerprint density at radius 3 is 2.68 bits per heavy atom. The van der Waals surface area contributed by atoms with E-state index in [1.54, 1.807) is 0 Å². The van der Waals surface area contributed by atoms with Crippen molar-refractivity contribution in [1.29, 1.82) is 5.26 Å². The van der Waals surface area contributed by atoms with Gasteiger partial charge < -0.3 is 10.4 Å². The zero-order chi connectivity index (χ0) is 17.0. The maximum atomic E-state index is 12.8. The number of carbonyl (C=O) groups excluding carboxylic acids is 1. The van der Waals surface area contributed by atoms with E-state index >= 15 is 0 Å². The molecule has 1 rings (SSSR count). The van der Waals surface area contributed by atoms with Gasteiger partial charge in [0.15, 0.2) is 0 Å². The Kier molecular flexibility index (Phi) is 4.98. The molecule has 2 N–H and O–H groups in total. The van der Waals surface area contributed by atoms with Crippen LogP contribution in [-0.4, -0.2) is 23.2 Å². The molecule has 1 amide bonds. The van der Waals surface area contributed by atoms with Gasteiger partial charge >= 0.3 is 6.18 Å². The number of nitrogens with one attached hydrogen (secondary N) is 1. The van der Waals surface area contributed by atoms with Crippen molar-refractivity contribution in [3.63, 3.8) is 0 Å². The standard InChI is InChI=1S/C12H10F3N5O2/c1-11(22,6-18-20-17)10(21)19-8-3-2-7(5-16)9(4-8)12(13,14)15/h2-4,22H,6H2,1H3,(H,19,21). The van der Waals surface area contributed by atoms with Gasteiger partial charge in [-0.3, -0.25) is 4.79 Å². The van der Waals surface area contributed by atoms with Crippen LogP contribution >= 0.6 is 0 Å². The van der Waals surface area contributed by atoms with Gasteiger partial charge in [0, 0.05) is 10.6 Å². The number of rotatable bonds is 4. The number of azide groups is 1. The molecule has 0 bridgehead atoms. The number of benzene rings is 1. The number of hydrogen-bond donors (Lipinski definition) is 2. The Morgan fingerprint density at radius 1 is 1.55 bits per heavy atom. The van der Waals surface area contributed by atoms with Crippen molar-refractivity contribution in [2.75, 3.05) is 11.9 Å². The van der Waals surface area contributed by atoms with Gasteiger partial charge in [-0.1, -0.05) is 5.11 Å². The zero-order valence-corrected chi connectivity index (χ0v) is 11.2. The van der Waals surface area contributed by atoms with Gasteiger partial charge in [0.1, 0.15) is 5.60 Å². The van der Waals surface area contributed by atoms with Gasteiger partial charge in [-0.25, -0.2) is 0 Å². The van der Waals surface area contributed by atoms with Crippen molar-refractivity contribution in [1.82, 2.24) is 0 Å². The molecular formula is C12H10F3N5O2. The first-order valence-electron chi connectivity index (χ1n) is 5.78. The summed E-state index contributed by atoms with van der Waals surface area (Å²) in [7, 11) is 0. The second-order valence-corrected chi connectivity index (χ2v) is 4.49. The Balaban J connectivity index is 3.08. The summed E-state index contributed by atoms with van der Waals surface area (Å²) in [6.07, 6.45) is -4.76. The number of alkyl halides is 3. The fourth-order valence-electron chi connectivity index (χ4n) is 1.46. The highest BCUT2D eigenvalue weighted by atomic mass is 19.4. The normalized spacial score (nSPS) is 13.5. The van der Waals surface area contributed by atoms with E-state index in [1.807, 2.05) is 0 Å². The monoisotopic (exact) mass is 313 g/mol. The van der Waals surface area contributed by atoms with Crippen LogP contribution in [0.3, 0.4) is 0 Å². The molecule has 0 saturated heterocycles. The predicted octanol–water partition coefficient (Wildman–Crippen LogP) is 2.58. The van der Waals surface area contributed by atoms with Crippen LogP contribution in [0.5, 0.6) is 0 Å². The summed E-state index contributed by atoms with van der Waals surface area (Å²) in [5.74, 6) is -1.04. The van der Waals surface area contributed by atoms with Gasteiger partial charge in [0.2, 0.25) is 0 Å². The quantitative estimate of drug-likeness (QED) is 0.504. The number of hydrogen-bond acceptors (Lipinski definition) is 4. The summed E-state index contributed by atoms with van der Waals surface area (Å²) in [6, 6.07) is 3.98. The third kappa shape index (κ3) is 4.12. The van der Waals surface area contributed by atoms with Gasteiger partial charge in [0.05, 0.1) is 23.7 Å². The molecule has 10 heteroatoms. The lowest BCUT2D eigenvalue weighted by Crippen LogP contribution is -2.42.